The van der Waals surface area contributed by atoms with E-state index in [9.17, 15) is 19.2 Å². The van der Waals surface area contributed by atoms with Crippen molar-refractivity contribution in [3.8, 4) is 0 Å². The molecule has 2 aromatic carbocycles. The maximum absolute atomic E-state index is 13.2. The minimum absolute atomic E-state index is 0.136. The Labute approximate surface area is 396 Å². The van der Waals surface area contributed by atoms with Gasteiger partial charge in [0.05, 0.1) is 35.4 Å². The second-order valence-electron chi connectivity index (χ2n) is 19.5. The highest BCUT2D eigenvalue weighted by atomic mass is 16.6. The summed E-state index contributed by atoms with van der Waals surface area (Å²) in [5, 5.41) is 20.6. The Hall–Kier alpha value is -4.89. The van der Waals surface area contributed by atoms with E-state index in [1.54, 1.807) is 24.0 Å². The molecule has 0 aliphatic heterocycles. The number of amides is 6. The number of nitrogens with one attached hydrogen (secondary N) is 5. The molecule has 0 saturated heterocycles. The number of methoxy groups -OCH3 is 2. The number of alkyl carbamates (subject to hydrolysis) is 2. The van der Waals surface area contributed by atoms with Gasteiger partial charge in [-0.2, -0.15) is 0 Å². The number of hydrogen-bond donors (Lipinski definition) is 5. The summed E-state index contributed by atoms with van der Waals surface area (Å²) in [6, 6.07) is 15.5. The molecule has 5 N–H and O–H groups in total. The molecular formula is C51H85N7O8. The van der Waals surface area contributed by atoms with E-state index in [1.807, 2.05) is 118 Å². The normalized spacial score (nSPS) is 11.9. The number of benzene rings is 2. The summed E-state index contributed by atoms with van der Waals surface area (Å²) in [5.41, 5.74) is 1.79. The molecule has 0 bridgehead atoms. The van der Waals surface area contributed by atoms with E-state index in [4.69, 9.17) is 24.4 Å². The Morgan fingerprint density at radius 2 is 0.788 bits per heavy atom. The highest BCUT2D eigenvalue weighted by Crippen LogP contribution is 2.29. The molecule has 0 unspecified atom stereocenters. The number of urea groups is 2. The number of ether oxygens (including phenoxy) is 4. The van der Waals surface area contributed by atoms with Crippen LogP contribution in [0.3, 0.4) is 0 Å². The maximum Gasteiger partial charge on any atom is 0.407 e. The largest absolute Gasteiger partial charge is 0.447 e. The van der Waals surface area contributed by atoms with E-state index in [0.29, 0.717) is 26.3 Å². The summed E-state index contributed by atoms with van der Waals surface area (Å²) in [5.74, 6) is 0. The Balaban J connectivity index is 1.60. The standard InChI is InChI=1S/C51H85N7O8/c1-48(2,39-25-23-27-41(37-39)50(5,6)55-46(61)65-35-33-63-11)53-44(59)57(9)31-21-17-13-15-19-29-43(52)30-20-16-14-18-22-32-58(10)45(60)54-49(3,4)40-26-24-28-42(38-40)51(7,8)56-47(62)66-36-34-64-12/h23-28,37-38,52H,13-22,29-36H2,1-12H3,(H,53,59)(H,54,60)(H,55,61)(H,56,62). The number of hydrogen-bond acceptors (Lipinski definition) is 9. The number of rotatable bonds is 30. The van der Waals surface area contributed by atoms with Crippen molar-refractivity contribution in [2.45, 2.75) is 155 Å². The van der Waals surface area contributed by atoms with Gasteiger partial charge in [-0.15, -0.1) is 0 Å². The molecule has 2 rings (SSSR count). The van der Waals surface area contributed by atoms with Crippen molar-refractivity contribution in [3.05, 3.63) is 70.8 Å². The van der Waals surface area contributed by atoms with E-state index in [1.165, 1.54) is 0 Å². The van der Waals surface area contributed by atoms with Crippen LogP contribution >= 0.6 is 0 Å². The molecule has 2 aromatic rings. The van der Waals surface area contributed by atoms with Crippen molar-refractivity contribution in [3.63, 3.8) is 0 Å². The first kappa shape index (κ1) is 57.2. The van der Waals surface area contributed by atoms with Crippen molar-refractivity contribution in [1.29, 1.82) is 5.41 Å². The van der Waals surface area contributed by atoms with Crippen LogP contribution in [0.4, 0.5) is 19.2 Å². The van der Waals surface area contributed by atoms with Crippen LogP contribution in [0.5, 0.6) is 0 Å². The van der Waals surface area contributed by atoms with Crippen LogP contribution in [0.15, 0.2) is 48.5 Å². The lowest BCUT2D eigenvalue weighted by Gasteiger charge is -2.32. The topological polar surface area (TPSA) is 184 Å². The zero-order chi connectivity index (χ0) is 49.4. The van der Waals surface area contributed by atoms with Gasteiger partial charge in [0.1, 0.15) is 13.2 Å². The molecule has 0 saturated carbocycles. The van der Waals surface area contributed by atoms with Crippen molar-refractivity contribution in [1.82, 2.24) is 31.1 Å². The molecule has 0 radical (unpaired) electrons. The molecule has 0 heterocycles. The Morgan fingerprint density at radius 1 is 0.485 bits per heavy atom. The number of unbranched alkanes of at least 4 members (excludes halogenated alkanes) is 8. The first-order valence-electron chi connectivity index (χ1n) is 23.8. The van der Waals surface area contributed by atoms with Crippen molar-refractivity contribution < 1.29 is 38.1 Å². The van der Waals surface area contributed by atoms with Crippen molar-refractivity contribution in [2.24, 2.45) is 0 Å². The SMILES string of the molecule is COCCOC(=O)NC(C)(C)c1cccc(C(C)(C)NC(=O)N(C)CCCCCCCC(=N)CCCCCCCN(C)C(=O)NC(C)(C)c2cccc(C(C)(C)NC(=O)OCCOC)c2)c1. The van der Waals surface area contributed by atoms with Crippen LogP contribution in [0.25, 0.3) is 0 Å². The fraction of sp³-hybridized carbons (Fsp3) is 0.667. The summed E-state index contributed by atoms with van der Waals surface area (Å²) in [7, 11) is 6.75. The first-order valence-corrected chi connectivity index (χ1v) is 23.8. The van der Waals surface area contributed by atoms with Gasteiger partial charge in [-0.25, -0.2) is 19.2 Å². The predicted octanol–water partition coefficient (Wildman–Crippen LogP) is 10.1. The number of nitrogens with zero attached hydrogens (tertiary/aromatic N) is 2. The minimum atomic E-state index is -0.693. The van der Waals surface area contributed by atoms with Gasteiger partial charge >= 0.3 is 24.2 Å². The Bertz CT molecular complexity index is 1690. The monoisotopic (exact) mass is 924 g/mol. The third-order valence-electron chi connectivity index (χ3n) is 12.0. The molecule has 0 aromatic heterocycles. The predicted molar refractivity (Wildman–Crippen MR) is 263 cm³/mol. The molecular weight excluding hydrogens is 839 g/mol. The van der Waals surface area contributed by atoms with Crippen LogP contribution in [0, 0.1) is 5.41 Å². The number of carbonyl (C=O) groups is 4. The molecule has 0 aliphatic rings. The first-order chi connectivity index (χ1) is 31.0. The molecule has 0 atom stereocenters. The quantitative estimate of drug-likeness (QED) is 0.0379. The van der Waals surface area contributed by atoms with Crippen molar-refractivity contribution >= 4 is 30.0 Å². The molecule has 0 aliphatic carbocycles. The molecule has 6 amide bonds. The molecule has 15 nitrogen and oxygen atoms in total. The average molecular weight is 924 g/mol. The summed E-state index contributed by atoms with van der Waals surface area (Å²) in [4.78, 5) is 54.4. The van der Waals surface area contributed by atoms with Gasteiger partial charge in [0, 0.05) is 47.1 Å². The average Bonchev–Trinajstić information content (AvgIpc) is 3.25. The third-order valence-corrected chi connectivity index (χ3v) is 12.0. The van der Waals surface area contributed by atoms with Crippen LogP contribution in [0.2, 0.25) is 0 Å². The van der Waals surface area contributed by atoms with E-state index in [2.05, 4.69) is 21.3 Å². The summed E-state index contributed by atoms with van der Waals surface area (Å²) in [6.45, 7) is 17.9. The second kappa shape index (κ2) is 28.3. The van der Waals surface area contributed by atoms with E-state index < -0.39 is 34.3 Å². The summed E-state index contributed by atoms with van der Waals surface area (Å²) >= 11 is 0. The van der Waals surface area contributed by atoms with Gasteiger partial charge in [-0.3, -0.25) is 0 Å². The van der Waals surface area contributed by atoms with E-state index >= 15 is 0 Å². The van der Waals surface area contributed by atoms with Crippen LogP contribution in [0.1, 0.15) is 155 Å². The van der Waals surface area contributed by atoms with Crippen LogP contribution in [-0.2, 0) is 41.1 Å². The van der Waals surface area contributed by atoms with Crippen LogP contribution in [-0.4, -0.2) is 108 Å². The molecule has 0 fully saturated rings. The van der Waals surface area contributed by atoms with E-state index in [-0.39, 0.29) is 25.3 Å². The Kier molecular flexibility index (Phi) is 24.6. The van der Waals surface area contributed by atoms with Gasteiger partial charge in [-0.1, -0.05) is 87.1 Å². The van der Waals surface area contributed by atoms with Crippen LogP contribution < -0.4 is 21.3 Å². The smallest absolute Gasteiger partial charge is 0.407 e. The fourth-order valence-electron chi connectivity index (χ4n) is 7.39. The van der Waals surface area contributed by atoms with Crippen molar-refractivity contribution in [2.75, 3.05) is 67.8 Å². The second-order valence-corrected chi connectivity index (χ2v) is 19.5. The van der Waals surface area contributed by atoms with Gasteiger partial charge in [-0.05, 0) is 116 Å². The third kappa shape index (κ3) is 21.2. The minimum Gasteiger partial charge on any atom is -0.447 e. The lowest BCUT2D eigenvalue weighted by atomic mass is 9.87. The molecule has 372 valence electrons. The highest BCUT2D eigenvalue weighted by molar-refractivity contribution is 5.81. The van der Waals surface area contributed by atoms with Gasteiger partial charge in [0.15, 0.2) is 0 Å². The molecule has 15 heteroatoms. The maximum atomic E-state index is 13.2. The zero-order valence-corrected chi connectivity index (χ0v) is 42.5. The van der Waals surface area contributed by atoms with E-state index in [0.717, 1.165) is 105 Å². The summed E-state index contributed by atoms with van der Waals surface area (Å²) in [6.07, 6.45) is 10.9. The molecule has 0 spiro atoms. The highest BCUT2D eigenvalue weighted by Gasteiger charge is 2.30. The van der Waals surface area contributed by atoms with Gasteiger partial charge < -0.3 is 55.4 Å². The lowest BCUT2D eigenvalue weighted by molar-refractivity contribution is 0.0927. The lowest BCUT2D eigenvalue weighted by Crippen LogP contribution is -2.47. The number of carbonyl (C=O) groups excluding carboxylic acids is 4. The zero-order valence-electron chi connectivity index (χ0n) is 42.5. The summed E-state index contributed by atoms with van der Waals surface area (Å²) < 4.78 is 20.3. The Morgan fingerprint density at radius 3 is 1.12 bits per heavy atom. The molecule has 66 heavy (non-hydrogen) atoms. The fourth-order valence-corrected chi connectivity index (χ4v) is 7.39. The van der Waals surface area contributed by atoms with Gasteiger partial charge in [0.25, 0.3) is 0 Å². The van der Waals surface area contributed by atoms with Gasteiger partial charge in [0.2, 0.25) is 0 Å².